The molecule has 94 valence electrons. The molecule has 1 rings (SSSR count). The number of halogens is 2. The van der Waals surface area contributed by atoms with Crippen molar-refractivity contribution in [1.29, 1.82) is 0 Å². The number of carboxylic acid groups (broad SMARTS) is 1. The highest BCUT2D eigenvalue weighted by Gasteiger charge is 2.16. The van der Waals surface area contributed by atoms with E-state index in [9.17, 15) is 13.2 Å². The normalized spacial score (nSPS) is 11.5. The number of benzene rings is 1. The van der Waals surface area contributed by atoms with E-state index in [0.717, 1.165) is 6.26 Å². The van der Waals surface area contributed by atoms with Gasteiger partial charge in [0.05, 0.1) is 23.4 Å². The Bertz CT molecular complexity index is 553. The van der Waals surface area contributed by atoms with Gasteiger partial charge in [0, 0.05) is 10.6 Å². The molecule has 5 nitrogen and oxygen atoms in total. The van der Waals surface area contributed by atoms with Gasteiger partial charge in [-0.05, 0) is 12.1 Å². The van der Waals surface area contributed by atoms with E-state index in [0.29, 0.717) is 0 Å². The molecule has 0 saturated heterocycles. The Morgan fingerprint density at radius 1 is 1.41 bits per heavy atom. The van der Waals surface area contributed by atoms with Crippen molar-refractivity contribution in [2.75, 3.05) is 6.26 Å². The predicted molar refractivity (Wildman–Crippen MR) is 63.1 cm³/mol. The SMILES string of the molecule is CS(=O)(=O)OCc1c(Cl)ccc(C(=O)O)c1Cl. The zero-order valence-corrected chi connectivity index (χ0v) is 10.9. The second-order valence-corrected chi connectivity index (χ2v) is 5.59. The topological polar surface area (TPSA) is 80.7 Å². The third-order valence-corrected chi connectivity index (χ3v) is 3.17. The second kappa shape index (κ2) is 5.22. The van der Waals surface area contributed by atoms with Gasteiger partial charge in [-0.15, -0.1) is 0 Å². The van der Waals surface area contributed by atoms with Crippen LogP contribution in [0.5, 0.6) is 0 Å². The van der Waals surface area contributed by atoms with Crippen LogP contribution in [0.15, 0.2) is 12.1 Å². The van der Waals surface area contributed by atoms with Crippen LogP contribution in [0.3, 0.4) is 0 Å². The molecular weight excluding hydrogens is 291 g/mol. The molecule has 0 spiro atoms. The predicted octanol–water partition coefficient (Wildman–Crippen LogP) is 2.17. The summed E-state index contributed by atoms with van der Waals surface area (Å²) in [6.07, 6.45) is 0.871. The number of carboxylic acids is 1. The van der Waals surface area contributed by atoms with Crippen LogP contribution >= 0.6 is 23.2 Å². The summed E-state index contributed by atoms with van der Waals surface area (Å²) in [6.45, 7) is -0.405. The quantitative estimate of drug-likeness (QED) is 0.862. The fourth-order valence-electron chi connectivity index (χ4n) is 1.06. The van der Waals surface area contributed by atoms with E-state index in [1.807, 2.05) is 0 Å². The van der Waals surface area contributed by atoms with E-state index in [1.54, 1.807) is 0 Å². The van der Waals surface area contributed by atoms with Crippen LogP contribution in [0.4, 0.5) is 0 Å². The number of hydrogen-bond acceptors (Lipinski definition) is 4. The van der Waals surface area contributed by atoms with Crippen LogP contribution in [-0.2, 0) is 20.9 Å². The summed E-state index contributed by atoms with van der Waals surface area (Å²) in [5.74, 6) is -1.23. The Balaban J connectivity index is 3.14. The summed E-state index contributed by atoms with van der Waals surface area (Å²) >= 11 is 11.6. The Morgan fingerprint density at radius 3 is 2.47 bits per heavy atom. The van der Waals surface area contributed by atoms with Crippen LogP contribution in [-0.4, -0.2) is 25.7 Å². The molecule has 0 aliphatic rings. The van der Waals surface area contributed by atoms with Gasteiger partial charge in [0.2, 0.25) is 0 Å². The van der Waals surface area contributed by atoms with E-state index in [2.05, 4.69) is 4.18 Å². The molecule has 0 bridgehead atoms. The lowest BCUT2D eigenvalue weighted by molar-refractivity contribution is 0.0697. The first-order valence-electron chi connectivity index (χ1n) is 4.27. The molecule has 0 aliphatic heterocycles. The van der Waals surface area contributed by atoms with Gasteiger partial charge in [-0.3, -0.25) is 4.18 Å². The second-order valence-electron chi connectivity index (χ2n) is 3.16. The van der Waals surface area contributed by atoms with Gasteiger partial charge >= 0.3 is 5.97 Å². The third kappa shape index (κ3) is 3.85. The van der Waals surface area contributed by atoms with Crippen LogP contribution in [0.25, 0.3) is 0 Å². The fraction of sp³-hybridized carbons (Fsp3) is 0.222. The zero-order chi connectivity index (χ0) is 13.2. The molecule has 17 heavy (non-hydrogen) atoms. The molecule has 0 atom stereocenters. The Labute approximate surface area is 108 Å². The van der Waals surface area contributed by atoms with Gasteiger partial charge < -0.3 is 5.11 Å². The lowest BCUT2D eigenvalue weighted by Crippen LogP contribution is -2.06. The van der Waals surface area contributed by atoms with Crippen molar-refractivity contribution in [3.8, 4) is 0 Å². The lowest BCUT2D eigenvalue weighted by Gasteiger charge is -2.08. The maximum atomic E-state index is 10.8. The van der Waals surface area contributed by atoms with Crippen molar-refractivity contribution in [2.24, 2.45) is 0 Å². The van der Waals surface area contributed by atoms with Crippen molar-refractivity contribution in [3.63, 3.8) is 0 Å². The molecule has 1 N–H and O–H groups in total. The molecule has 1 aromatic carbocycles. The number of hydrogen-bond donors (Lipinski definition) is 1. The maximum Gasteiger partial charge on any atom is 0.337 e. The number of rotatable bonds is 4. The molecule has 0 heterocycles. The van der Waals surface area contributed by atoms with Crippen molar-refractivity contribution < 1.29 is 22.5 Å². The summed E-state index contributed by atoms with van der Waals surface area (Å²) in [5, 5.41) is 8.83. The molecule has 0 fully saturated rings. The average molecular weight is 299 g/mol. The number of aromatic carboxylic acids is 1. The molecule has 0 aliphatic carbocycles. The van der Waals surface area contributed by atoms with E-state index >= 15 is 0 Å². The maximum absolute atomic E-state index is 10.8. The molecule has 0 unspecified atom stereocenters. The van der Waals surface area contributed by atoms with Gasteiger partial charge in [-0.2, -0.15) is 8.42 Å². The first-order valence-corrected chi connectivity index (χ1v) is 6.84. The van der Waals surface area contributed by atoms with Crippen LogP contribution in [0, 0.1) is 0 Å². The van der Waals surface area contributed by atoms with Gasteiger partial charge in [0.15, 0.2) is 0 Å². The lowest BCUT2D eigenvalue weighted by atomic mass is 10.1. The molecule has 0 saturated carbocycles. The van der Waals surface area contributed by atoms with Crippen LogP contribution in [0.2, 0.25) is 10.0 Å². The largest absolute Gasteiger partial charge is 0.478 e. The summed E-state index contributed by atoms with van der Waals surface area (Å²) in [4.78, 5) is 10.8. The molecule has 0 radical (unpaired) electrons. The summed E-state index contributed by atoms with van der Waals surface area (Å²) < 4.78 is 26.2. The van der Waals surface area contributed by atoms with Crippen LogP contribution < -0.4 is 0 Å². The highest BCUT2D eigenvalue weighted by Crippen LogP contribution is 2.29. The minimum atomic E-state index is -3.65. The van der Waals surface area contributed by atoms with Crippen molar-refractivity contribution in [2.45, 2.75) is 6.61 Å². The fourth-order valence-corrected chi connectivity index (χ4v) is 1.95. The van der Waals surface area contributed by atoms with Crippen molar-refractivity contribution >= 4 is 39.3 Å². The number of carbonyl (C=O) groups is 1. The minimum Gasteiger partial charge on any atom is -0.478 e. The van der Waals surface area contributed by atoms with Gasteiger partial charge in [-0.1, -0.05) is 23.2 Å². The van der Waals surface area contributed by atoms with Crippen LogP contribution in [0.1, 0.15) is 15.9 Å². The average Bonchev–Trinajstić information content (AvgIpc) is 2.14. The highest BCUT2D eigenvalue weighted by molar-refractivity contribution is 7.85. The Kier molecular flexibility index (Phi) is 4.37. The molecular formula is C9H8Cl2O5S. The van der Waals surface area contributed by atoms with E-state index in [1.165, 1.54) is 12.1 Å². The van der Waals surface area contributed by atoms with E-state index in [-0.39, 0.29) is 21.2 Å². The zero-order valence-electron chi connectivity index (χ0n) is 8.61. The summed E-state index contributed by atoms with van der Waals surface area (Å²) in [6, 6.07) is 2.55. The first-order chi connectivity index (χ1) is 7.72. The highest BCUT2D eigenvalue weighted by atomic mass is 35.5. The Morgan fingerprint density at radius 2 is 2.00 bits per heavy atom. The minimum absolute atomic E-state index is 0.124. The van der Waals surface area contributed by atoms with E-state index in [4.69, 9.17) is 28.3 Å². The standard InChI is InChI=1S/C9H8Cl2O5S/c1-17(14,15)16-4-6-7(10)3-2-5(8(6)11)9(12)13/h2-3H,4H2,1H3,(H,12,13). The van der Waals surface area contributed by atoms with Crippen molar-refractivity contribution in [1.82, 2.24) is 0 Å². The van der Waals surface area contributed by atoms with Crippen molar-refractivity contribution in [3.05, 3.63) is 33.3 Å². The third-order valence-electron chi connectivity index (χ3n) is 1.83. The first kappa shape index (κ1) is 14.2. The molecule has 0 aromatic heterocycles. The monoisotopic (exact) mass is 298 g/mol. The van der Waals surface area contributed by atoms with Gasteiger partial charge in [0.25, 0.3) is 10.1 Å². The van der Waals surface area contributed by atoms with Gasteiger partial charge in [0.1, 0.15) is 0 Å². The summed E-state index contributed by atoms with van der Waals surface area (Å²) in [5.41, 5.74) is -0.0400. The van der Waals surface area contributed by atoms with E-state index < -0.39 is 22.7 Å². The smallest absolute Gasteiger partial charge is 0.337 e. The Hall–Kier alpha value is -0.820. The van der Waals surface area contributed by atoms with Gasteiger partial charge in [-0.25, -0.2) is 4.79 Å². The molecule has 8 heteroatoms. The molecule has 0 amide bonds. The summed E-state index contributed by atoms with van der Waals surface area (Å²) in [7, 11) is -3.65. The molecule has 1 aromatic rings.